The third-order valence-corrected chi connectivity index (χ3v) is 6.51. The molecule has 3 N–H and O–H groups in total. The molecule has 0 radical (unpaired) electrons. The van der Waals surface area contributed by atoms with E-state index in [1.165, 1.54) is 79.9 Å². The Morgan fingerprint density at radius 3 is 1.62 bits per heavy atom. The summed E-state index contributed by atoms with van der Waals surface area (Å²) >= 11 is 0. The first-order valence-corrected chi connectivity index (χ1v) is 14.0. The van der Waals surface area contributed by atoms with Crippen LogP contribution in [0.3, 0.4) is 0 Å². The Balaban J connectivity index is 1.23. The van der Waals surface area contributed by atoms with E-state index >= 15 is 0 Å². The van der Waals surface area contributed by atoms with Crippen LogP contribution in [0.15, 0.2) is 109 Å². The summed E-state index contributed by atoms with van der Waals surface area (Å²) in [4.78, 5) is 60.0. The van der Waals surface area contributed by atoms with Crippen molar-refractivity contribution >= 4 is 35.5 Å². The van der Waals surface area contributed by atoms with Gasteiger partial charge in [0, 0.05) is 11.3 Å². The molecule has 1 unspecified atom stereocenters. The van der Waals surface area contributed by atoms with Crippen molar-refractivity contribution in [3.05, 3.63) is 126 Å². The van der Waals surface area contributed by atoms with Gasteiger partial charge >= 0.3 is 23.9 Å². The first-order chi connectivity index (χ1) is 22.5. The molecule has 4 aromatic carbocycles. The second-order valence-corrected chi connectivity index (χ2v) is 9.95. The van der Waals surface area contributed by atoms with Crippen LogP contribution in [0.5, 0.6) is 23.0 Å². The average Bonchev–Trinajstić information content (AvgIpc) is 3.06. The normalized spacial score (nSPS) is 11.0. The van der Waals surface area contributed by atoms with Crippen LogP contribution in [0.25, 0.3) is 0 Å². The molecule has 0 saturated heterocycles. The predicted molar refractivity (Wildman–Crippen MR) is 167 cm³/mol. The first-order valence-electron chi connectivity index (χ1n) is 14.0. The highest BCUT2D eigenvalue weighted by atomic mass is 16.5. The minimum absolute atomic E-state index is 0.167. The molecule has 0 aliphatic rings. The van der Waals surface area contributed by atoms with Crippen LogP contribution >= 0.6 is 0 Å². The predicted octanol–water partition coefficient (Wildman–Crippen LogP) is 5.13. The summed E-state index contributed by atoms with van der Waals surface area (Å²) in [6.45, 7) is 3.30. The Kier molecular flexibility index (Phi) is 11.2. The summed E-state index contributed by atoms with van der Waals surface area (Å²) in [6.07, 6.45) is -1.96. The van der Waals surface area contributed by atoms with Crippen molar-refractivity contribution in [3.63, 3.8) is 0 Å². The summed E-state index contributed by atoms with van der Waals surface area (Å²) < 4.78 is 21.0. The molecule has 4 aromatic rings. The lowest BCUT2D eigenvalue weighted by Gasteiger charge is -2.12. The number of rotatable bonds is 13. The zero-order valence-electron chi connectivity index (χ0n) is 25.0. The number of carbonyl (C=O) groups is 5. The maximum absolute atomic E-state index is 12.6. The lowest BCUT2D eigenvalue weighted by molar-refractivity contribution is -0.136. The van der Waals surface area contributed by atoms with E-state index in [0.29, 0.717) is 22.6 Å². The van der Waals surface area contributed by atoms with E-state index in [9.17, 15) is 29.1 Å². The van der Waals surface area contributed by atoms with Crippen molar-refractivity contribution in [3.8, 4) is 23.0 Å². The fourth-order valence-corrected chi connectivity index (χ4v) is 4.01. The second kappa shape index (κ2) is 15.6. The maximum Gasteiger partial charge on any atom is 0.343 e. The third-order valence-electron chi connectivity index (χ3n) is 6.51. The lowest BCUT2D eigenvalue weighted by Crippen LogP contribution is -2.15. The highest BCUT2D eigenvalue weighted by Gasteiger charge is 2.17. The molecule has 0 aliphatic heterocycles. The van der Waals surface area contributed by atoms with Crippen molar-refractivity contribution in [1.29, 1.82) is 0 Å². The number of anilines is 1. The number of aliphatic hydroxyl groups excluding tert-OH is 1. The summed E-state index contributed by atoms with van der Waals surface area (Å²) in [6, 6.07) is 24.0. The number of aliphatic carboxylic acids is 1. The summed E-state index contributed by atoms with van der Waals surface area (Å²) in [7, 11) is 1.52. The summed E-state index contributed by atoms with van der Waals surface area (Å²) in [5.41, 5.74) is 1.03. The van der Waals surface area contributed by atoms with Gasteiger partial charge in [-0.3, -0.25) is 9.59 Å². The number of nitrogens with one attached hydrogen (secondary N) is 1. The van der Waals surface area contributed by atoms with E-state index < -0.39 is 35.9 Å². The minimum Gasteiger partial charge on any atom is -0.497 e. The number of ether oxygens (including phenoxy) is 4. The van der Waals surface area contributed by atoms with Crippen molar-refractivity contribution in [2.24, 2.45) is 0 Å². The van der Waals surface area contributed by atoms with Gasteiger partial charge in [0.2, 0.25) is 5.91 Å². The second-order valence-electron chi connectivity index (χ2n) is 9.95. The SMILES string of the molecule is C=C(CC(=O)Nc1ccc(OC(=O)CC(O)c2ccc(OC(=O)c3ccc(OC(=O)c4ccc(OC)cc4)cc3)cc2)cc1)C(=O)O. The van der Waals surface area contributed by atoms with Crippen LogP contribution in [-0.4, -0.2) is 47.1 Å². The zero-order valence-corrected chi connectivity index (χ0v) is 25.0. The van der Waals surface area contributed by atoms with Crippen LogP contribution < -0.4 is 24.3 Å². The molecule has 1 atom stereocenters. The standard InChI is InChI=1S/C35H29NO11/c1-21(33(40)41)19-31(38)36-25-9-17-27(18-10-25)45-32(39)20-30(37)22-3-13-28(14-4-22)46-35(43)24-7-15-29(16-8-24)47-34(42)23-5-11-26(44-2)12-6-23/h3-18,30,37H,1,19-20H2,2H3,(H,36,38)(H,40,41). The zero-order chi connectivity index (χ0) is 33.9. The molecule has 4 rings (SSSR count). The monoisotopic (exact) mass is 639 g/mol. The number of aliphatic hydroxyl groups is 1. The van der Waals surface area contributed by atoms with Gasteiger partial charge in [0.25, 0.3) is 0 Å². The van der Waals surface area contributed by atoms with E-state index in [2.05, 4.69) is 11.9 Å². The van der Waals surface area contributed by atoms with Gasteiger partial charge in [0.15, 0.2) is 0 Å². The Hall–Kier alpha value is -6.27. The molecule has 12 nitrogen and oxygen atoms in total. The third kappa shape index (κ3) is 9.86. The van der Waals surface area contributed by atoms with Gasteiger partial charge in [-0.15, -0.1) is 0 Å². The van der Waals surface area contributed by atoms with Gasteiger partial charge in [0.1, 0.15) is 23.0 Å². The molecule has 47 heavy (non-hydrogen) atoms. The molecule has 12 heteroatoms. The average molecular weight is 640 g/mol. The first kappa shape index (κ1) is 33.6. The molecular weight excluding hydrogens is 610 g/mol. The van der Waals surface area contributed by atoms with Crippen LogP contribution in [0.2, 0.25) is 0 Å². The summed E-state index contributed by atoms with van der Waals surface area (Å²) in [5, 5.41) is 21.8. The Morgan fingerprint density at radius 1 is 0.681 bits per heavy atom. The van der Waals surface area contributed by atoms with Crippen molar-refractivity contribution in [1.82, 2.24) is 0 Å². The number of hydrogen-bond acceptors (Lipinski definition) is 10. The van der Waals surface area contributed by atoms with E-state index in [0.717, 1.165) is 0 Å². The Morgan fingerprint density at radius 2 is 1.13 bits per heavy atom. The number of methoxy groups -OCH3 is 1. The van der Waals surface area contributed by atoms with Crippen molar-refractivity contribution in [2.45, 2.75) is 18.9 Å². The van der Waals surface area contributed by atoms with Crippen molar-refractivity contribution in [2.75, 3.05) is 12.4 Å². The van der Waals surface area contributed by atoms with Gasteiger partial charge < -0.3 is 34.5 Å². The molecule has 0 aliphatic carbocycles. The van der Waals surface area contributed by atoms with Crippen LogP contribution in [0.1, 0.15) is 45.2 Å². The number of carboxylic acid groups (broad SMARTS) is 1. The number of amides is 1. The number of carbonyl (C=O) groups excluding carboxylic acids is 4. The molecule has 0 heterocycles. The lowest BCUT2D eigenvalue weighted by atomic mass is 10.1. The molecule has 1 amide bonds. The number of esters is 3. The van der Waals surface area contributed by atoms with Gasteiger partial charge in [-0.2, -0.15) is 0 Å². The van der Waals surface area contributed by atoms with Crippen LogP contribution in [-0.2, 0) is 14.4 Å². The highest BCUT2D eigenvalue weighted by Crippen LogP contribution is 2.24. The molecule has 0 saturated carbocycles. The quantitative estimate of drug-likeness (QED) is 0.100. The Bertz CT molecular complexity index is 1760. The van der Waals surface area contributed by atoms with Crippen LogP contribution in [0, 0.1) is 0 Å². The van der Waals surface area contributed by atoms with E-state index in [-0.39, 0.29) is 41.2 Å². The van der Waals surface area contributed by atoms with Gasteiger partial charge in [0.05, 0.1) is 37.2 Å². The van der Waals surface area contributed by atoms with Gasteiger partial charge in [-0.05, 0) is 90.5 Å². The minimum atomic E-state index is -1.27. The number of hydrogen-bond donors (Lipinski definition) is 3. The molecular formula is C35H29NO11. The van der Waals surface area contributed by atoms with E-state index in [1.54, 1.807) is 24.3 Å². The largest absolute Gasteiger partial charge is 0.497 e. The summed E-state index contributed by atoms with van der Waals surface area (Å²) in [5.74, 6) is -2.58. The molecule has 0 bridgehead atoms. The Labute approximate surface area is 268 Å². The smallest absolute Gasteiger partial charge is 0.343 e. The number of carboxylic acids is 1. The molecule has 0 spiro atoms. The molecule has 0 aromatic heterocycles. The molecule has 0 fully saturated rings. The fraction of sp³-hybridized carbons (Fsp3) is 0.114. The van der Waals surface area contributed by atoms with Gasteiger partial charge in [-0.1, -0.05) is 18.7 Å². The number of benzene rings is 4. The topological polar surface area (TPSA) is 175 Å². The molecule has 240 valence electrons. The van der Waals surface area contributed by atoms with E-state index in [1.807, 2.05) is 0 Å². The van der Waals surface area contributed by atoms with Gasteiger partial charge in [-0.25, -0.2) is 14.4 Å². The van der Waals surface area contributed by atoms with Crippen molar-refractivity contribution < 1.29 is 53.1 Å². The van der Waals surface area contributed by atoms with E-state index in [4.69, 9.17) is 24.1 Å². The maximum atomic E-state index is 12.6. The fourth-order valence-electron chi connectivity index (χ4n) is 4.01. The highest BCUT2D eigenvalue weighted by molar-refractivity contribution is 5.99. The van der Waals surface area contributed by atoms with Crippen LogP contribution in [0.4, 0.5) is 5.69 Å².